The van der Waals surface area contributed by atoms with E-state index in [0.29, 0.717) is 4.48 Å². The van der Waals surface area contributed by atoms with Crippen LogP contribution in [0.25, 0.3) is 0 Å². The molecule has 14 heavy (non-hydrogen) atoms. The standard InChI is InChI=1S/C8H6BrClO4/c9-3-1-4(13-5(11)2-10)7-8(14-7)6(3)12/h1,4,7-8H,2H2/t4-,7+,8-/m1/s1. The first-order valence-corrected chi connectivity index (χ1v) is 5.28. The molecule has 3 atom stereocenters. The van der Waals surface area contributed by atoms with E-state index in [0.717, 1.165) is 0 Å². The minimum atomic E-state index is -0.517. The van der Waals surface area contributed by atoms with Crippen molar-refractivity contribution in [2.45, 2.75) is 18.3 Å². The van der Waals surface area contributed by atoms with Gasteiger partial charge in [0.15, 0.2) is 12.2 Å². The number of rotatable bonds is 2. The summed E-state index contributed by atoms with van der Waals surface area (Å²) in [5.41, 5.74) is 0. The Bertz CT molecular complexity index is 327. The van der Waals surface area contributed by atoms with Gasteiger partial charge in [-0.25, -0.2) is 0 Å². The molecule has 0 unspecified atom stereocenters. The average Bonchev–Trinajstić information content (AvgIpc) is 2.93. The Morgan fingerprint density at radius 3 is 3.07 bits per heavy atom. The number of Topliss-reactive ketones (excluding diaryl/α,β-unsaturated/α-hetero) is 1. The Kier molecular flexibility index (Phi) is 2.64. The lowest BCUT2D eigenvalue weighted by Gasteiger charge is -2.14. The van der Waals surface area contributed by atoms with E-state index in [9.17, 15) is 9.59 Å². The average molecular weight is 281 g/mol. The molecule has 76 valence electrons. The Morgan fingerprint density at radius 2 is 2.43 bits per heavy atom. The minimum Gasteiger partial charge on any atom is -0.454 e. The van der Waals surface area contributed by atoms with Gasteiger partial charge in [0.1, 0.15) is 12.0 Å². The molecule has 0 radical (unpaired) electrons. The molecule has 1 saturated heterocycles. The first-order valence-electron chi connectivity index (χ1n) is 3.96. The summed E-state index contributed by atoms with van der Waals surface area (Å²) < 4.78 is 10.4. The van der Waals surface area contributed by atoms with Crippen molar-refractivity contribution in [2.75, 3.05) is 5.88 Å². The minimum absolute atomic E-state index is 0.104. The number of hydrogen-bond donors (Lipinski definition) is 0. The molecular weight excluding hydrogens is 275 g/mol. The fourth-order valence-electron chi connectivity index (χ4n) is 1.33. The maximum absolute atomic E-state index is 11.3. The third-order valence-electron chi connectivity index (χ3n) is 2.03. The molecule has 0 aromatic heterocycles. The molecule has 0 spiro atoms. The lowest BCUT2D eigenvalue weighted by molar-refractivity contribution is -0.144. The summed E-state index contributed by atoms with van der Waals surface area (Å²) in [5.74, 6) is -0.821. The summed E-state index contributed by atoms with van der Waals surface area (Å²) in [7, 11) is 0. The number of ether oxygens (including phenoxy) is 2. The second-order valence-corrected chi connectivity index (χ2v) is 4.11. The fourth-order valence-corrected chi connectivity index (χ4v) is 1.88. The summed E-state index contributed by atoms with van der Waals surface area (Å²) in [6.45, 7) is 0. The zero-order valence-electron chi connectivity index (χ0n) is 6.91. The molecule has 1 aliphatic carbocycles. The highest BCUT2D eigenvalue weighted by Gasteiger charge is 2.54. The van der Waals surface area contributed by atoms with E-state index in [1.165, 1.54) is 6.08 Å². The predicted octanol–water partition coefficient (Wildman–Crippen LogP) is 0.766. The van der Waals surface area contributed by atoms with Crippen LogP contribution in [0.3, 0.4) is 0 Å². The van der Waals surface area contributed by atoms with Crippen molar-refractivity contribution in [3.63, 3.8) is 0 Å². The second kappa shape index (κ2) is 3.64. The molecule has 0 aromatic rings. The number of ketones is 1. The smallest absolute Gasteiger partial charge is 0.321 e. The van der Waals surface area contributed by atoms with Gasteiger partial charge in [0.25, 0.3) is 0 Å². The van der Waals surface area contributed by atoms with E-state index in [4.69, 9.17) is 21.1 Å². The first-order chi connectivity index (χ1) is 6.63. The van der Waals surface area contributed by atoms with Crippen LogP contribution in [0.4, 0.5) is 0 Å². The van der Waals surface area contributed by atoms with E-state index in [1.807, 2.05) is 0 Å². The Balaban J connectivity index is 2.07. The molecule has 1 heterocycles. The van der Waals surface area contributed by atoms with Crippen molar-refractivity contribution < 1.29 is 19.1 Å². The summed E-state index contributed by atoms with van der Waals surface area (Å²) in [4.78, 5) is 22.2. The molecule has 0 amide bonds. The van der Waals surface area contributed by atoms with Crippen molar-refractivity contribution in [2.24, 2.45) is 0 Å². The number of carbonyl (C=O) groups is 2. The van der Waals surface area contributed by atoms with E-state index in [-0.39, 0.29) is 17.8 Å². The number of esters is 1. The number of fused-ring (bicyclic) bond motifs is 1. The van der Waals surface area contributed by atoms with Crippen LogP contribution in [0, 0.1) is 0 Å². The van der Waals surface area contributed by atoms with E-state index in [2.05, 4.69) is 15.9 Å². The van der Waals surface area contributed by atoms with Crippen molar-refractivity contribution in [1.82, 2.24) is 0 Å². The molecule has 0 aromatic carbocycles. The highest BCUT2D eigenvalue weighted by molar-refractivity contribution is 9.12. The third-order valence-corrected chi connectivity index (χ3v) is 2.90. The zero-order valence-corrected chi connectivity index (χ0v) is 9.25. The van der Waals surface area contributed by atoms with Crippen LogP contribution in [0.5, 0.6) is 0 Å². The van der Waals surface area contributed by atoms with Crippen molar-refractivity contribution in [1.29, 1.82) is 0 Å². The molecule has 4 nitrogen and oxygen atoms in total. The van der Waals surface area contributed by atoms with Gasteiger partial charge in [-0.15, -0.1) is 11.6 Å². The topological polar surface area (TPSA) is 55.9 Å². The molecule has 1 fully saturated rings. The summed E-state index contributed by atoms with van der Waals surface area (Å²) in [5, 5.41) is 0. The van der Waals surface area contributed by atoms with Gasteiger partial charge in [0.2, 0.25) is 5.78 Å². The van der Waals surface area contributed by atoms with Crippen LogP contribution in [-0.4, -0.2) is 35.9 Å². The number of alkyl halides is 1. The fraction of sp³-hybridized carbons (Fsp3) is 0.500. The molecular formula is C8H6BrClO4. The SMILES string of the molecule is O=C(CCl)O[C@@H]1C=C(Br)C(=O)[C@H]2O[C@H]21. The number of carbonyl (C=O) groups excluding carboxylic acids is 2. The van der Waals surface area contributed by atoms with Gasteiger partial charge in [-0.2, -0.15) is 0 Å². The van der Waals surface area contributed by atoms with Crippen molar-refractivity contribution in [3.05, 3.63) is 10.6 Å². The summed E-state index contributed by atoms with van der Waals surface area (Å²) in [6.07, 6.45) is 0.248. The largest absolute Gasteiger partial charge is 0.454 e. The van der Waals surface area contributed by atoms with E-state index < -0.39 is 18.2 Å². The lowest BCUT2D eigenvalue weighted by atomic mass is 10.0. The molecule has 0 N–H and O–H groups in total. The third kappa shape index (κ3) is 1.71. The van der Waals surface area contributed by atoms with Crippen LogP contribution in [0.1, 0.15) is 0 Å². The predicted molar refractivity (Wildman–Crippen MR) is 51.3 cm³/mol. The normalized spacial score (nSPS) is 34.6. The van der Waals surface area contributed by atoms with Crippen LogP contribution >= 0.6 is 27.5 Å². The molecule has 0 saturated carbocycles. The monoisotopic (exact) mass is 280 g/mol. The van der Waals surface area contributed by atoms with Gasteiger partial charge in [0, 0.05) is 0 Å². The maximum atomic E-state index is 11.3. The first kappa shape index (κ1) is 10.1. The maximum Gasteiger partial charge on any atom is 0.321 e. The van der Waals surface area contributed by atoms with Gasteiger partial charge in [0.05, 0.1) is 4.48 Å². The van der Waals surface area contributed by atoms with Crippen molar-refractivity contribution >= 4 is 39.3 Å². The molecule has 2 aliphatic rings. The number of epoxide rings is 1. The Hall–Kier alpha value is -0.390. The van der Waals surface area contributed by atoms with Gasteiger partial charge in [-0.05, 0) is 22.0 Å². The quantitative estimate of drug-likeness (QED) is 0.426. The van der Waals surface area contributed by atoms with Gasteiger partial charge >= 0.3 is 5.97 Å². The molecule has 1 aliphatic heterocycles. The van der Waals surface area contributed by atoms with Crippen LogP contribution in [-0.2, 0) is 19.1 Å². The number of halogens is 2. The molecule has 0 bridgehead atoms. The van der Waals surface area contributed by atoms with Crippen molar-refractivity contribution in [3.8, 4) is 0 Å². The van der Waals surface area contributed by atoms with Gasteiger partial charge in [-0.3, -0.25) is 9.59 Å². The zero-order chi connectivity index (χ0) is 10.3. The van der Waals surface area contributed by atoms with E-state index in [1.54, 1.807) is 0 Å². The van der Waals surface area contributed by atoms with Crippen LogP contribution < -0.4 is 0 Å². The second-order valence-electron chi connectivity index (χ2n) is 2.99. The summed E-state index contributed by atoms with van der Waals surface area (Å²) in [6, 6.07) is 0. The van der Waals surface area contributed by atoms with Crippen LogP contribution in [0.2, 0.25) is 0 Å². The van der Waals surface area contributed by atoms with Gasteiger partial charge in [-0.1, -0.05) is 0 Å². The summed E-state index contributed by atoms with van der Waals surface area (Å²) >= 11 is 8.36. The van der Waals surface area contributed by atoms with E-state index >= 15 is 0 Å². The Labute approximate surface area is 93.3 Å². The number of hydrogen-bond acceptors (Lipinski definition) is 4. The Morgan fingerprint density at radius 1 is 1.71 bits per heavy atom. The highest BCUT2D eigenvalue weighted by atomic mass is 79.9. The highest BCUT2D eigenvalue weighted by Crippen LogP contribution is 2.37. The molecule has 6 heteroatoms. The molecule has 2 rings (SSSR count). The van der Waals surface area contributed by atoms with Gasteiger partial charge < -0.3 is 9.47 Å². The lowest BCUT2D eigenvalue weighted by Crippen LogP contribution is -2.30. The van der Waals surface area contributed by atoms with Crippen LogP contribution in [0.15, 0.2) is 10.6 Å².